The van der Waals surface area contributed by atoms with Crippen LogP contribution in [0.1, 0.15) is 31.9 Å². The average Bonchev–Trinajstić information content (AvgIpc) is 2.84. The molecule has 0 spiro atoms. The van der Waals surface area contributed by atoms with Gasteiger partial charge in [-0.2, -0.15) is 0 Å². The van der Waals surface area contributed by atoms with Gasteiger partial charge in [0.1, 0.15) is 6.61 Å². The number of hydrogen-bond donors (Lipinski definition) is 2. The first-order valence-electron chi connectivity index (χ1n) is 10.2. The SMILES string of the molecule is CCNC(=O)Nc1ccc2c(c1)N(C(=O)COCC(C)C)c1ccccc1CC2. The van der Waals surface area contributed by atoms with Crippen molar-refractivity contribution in [2.75, 3.05) is 30.0 Å². The van der Waals surface area contributed by atoms with E-state index in [1.54, 1.807) is 4.90 Å². The minimum Gasteiger partial charge on any atom is -0.371 e. The molecule has 0 atom stereocenters. The molecule has 0 fully saturated rings. The summed E-state index contributed by atoms with van der Waals surface area (Å²) >= 11 is 0. The molecule has 0 saturated heterocycles. The van der Waals surface area contributed by atoms with E-state index in [2.05, 4.69) is 30.5 Å². The lowest BCUT2D eigenvalue weighted by Gasteiger charge is -2.25. The predicted octanol–water partition coefficient (Wildman–Crippen LogP) is 4.26. The zero-order valence-electron chi connectivity index (χ0n) is 17.3. The molecule has 2 N–H and O–H groups in total. The Kier molecular flexibility index (Phi) is 6.88. The van der Waals surface area contributed by atoms with E-state index in [9.17, 15) is 9.59 Å². The number of hydrogen-bond acceptors (Lipinski definition) is 3. The van der Waals surface area contributed by atoms with E-state index in [1.807, 2.05) is 43.3 Å². The molecule has 0 unspecified atom stereocenters. The van der Waals surface area contributed by atoms with Gasteiger partial charge in [-0.25, -0.2) is 4.79 Å². The van der Waals surface area contributed by atoms with Crippen LogP contribution in [0.25, 0.3) is 0 Å². The first-order valence-corrected chi connectivity index (χ1v) is 10.2. The predicted molar refractivity (Wildman–Crippen MR) is 116 cm³/mol. The van der Waals surface area contributed by atoms with Crippen LogP contribution in [0, 0.1) is 5.92 Å². The highest BCUT2D eigenvalue weighted by molar-refractivity contribution is 6.04. The Morgan fingerprint density at radius 1 is 1.07 bits per heavy atom. The molecular weight excluding hydrogens is 366 g/mol. The van der Waals surface area contributed by atoms with Gasteiger partial charge in [0, 0.05) is 18.8 Å². The van der Waals surface area contributed by atoms with Crippen LogP contribution < -0.4 is 15.5 Å². The number of urea groups is 1. The zero-order valence-corrected chi connectivity index (χ0v) is 17.3. The maximum absolute atomic E-state index is 13.2. The van der Waals surface area contributed by atoms with Gasteiger partial charge in [0.15, 0.2) is 0 Å². The molecule has 0 bridgehead atoms. The molecule has 0 saturated carbocycles. The average molecular weight is 396 g/mol. The second-order valence-electron chi connectivity index (χ2n) is 7.59. The molecule has 2 aromatic rings. The van der Waals surface area contributed by atoms with E-state index in [1.165, 1.54) is 0 Å². The van der Waals surface area contributed by atoms with Gasteiger partial charge in [-0.3, -0.25) is 9.69 Å². The van der Waals surface area contributed by atoms with Crippen molar-refractivity contribution in [1.29, 1.82) is 0 Å². The van der Waals surface area contributed by atoms with Crippen LogP contribution in [0.4, 0.5) is 21.9 Å². The third kappa shape index (κ3) is 5.15. The highest BCUT2D eigenvalue weighted by Gasteiger charge is 2.26. The Hall–Kier alpha value is -2.86. The summed E-state index contributed by atoms with van der Waals surface area (Å²) in [5.41, 5.74) is 4.51. The fourth-order valence-electron chi connectivity index (χ4n) is 3.45. The van der Waals surface area contributed by atoms with Gasteiger partial charge in [0.2, 0.25) is 0 Å². The third-order valence-corrected chi connectivity index (χ3v) is 4.74. The number of aryl methyl sites for hydroxylation is 2. The van der Waals surface area contributed by atoms with Crippen molar-refractivity contribution >= 4 is 29.0 Å². The molecule has 0 aromatic heterocycles. The van der Waals surface area contributed by atoms with Gasteiger partial charge in [0.05, 0.1) is 11.4 Å². The summed E-state index contributed by atoms with van der Waals surface area (Å²) in [6.45, 7) is 7.07. The van der Waals surface area contributed by atoms with Crippen LogP contribution in [-0.2, 0) is 22.4 Å². The standard InChI is InChI=1S/C23H29N3O3/c1-4-24-23(28)25-19-12-11-18-10-9-17-7-5-6-8-20(17)26(21(18)13-19)22(27)15-29-14-16(2)3/h5-8,11-13,16H,4,9-10,14-15H2,1-3H3,(H2,24,25,28). The summed E-state index contributed by atoms with van der Waals surface area (Å²) in [4.78, 5) is 26.9. The molecule has 3 amide bonds. The summed E-state index contributed by atoms with van der Waals surface area (Å²) in [6, 6.07) is 13.4. The van der Waals surface area contributed by atoms with Crippen molar-refractivity contribution < 1.29 is 14.3 Å². The maximum Gasteiger partial charge on any atom is 0.319 e. The van der Waals surface area contributed by atoms with Crippen molar-refractivity contribution in [3.63, 3.8) is 0 Å². The number of rotatable bonds is 6. The minimum atomic E-state index is -0.264. The van der Waals surface area contributed by atoms with E-state index in [4.69, 9.17) is 4.74 Å². The van der Waals surface area contributed by atoms with Crippen LogP contribution in [0.3, 0.4) is 0 Å². The Labute approximate surface area is 172 Å². The van der Waals surface area contributed by atoms with Crippen LogP contribution in [-0.4, -0.2) is 31.7 Å². The van der Waals surface area contributed by atoms with Crippen LogP contribution >= 0.6 is 0 Å². The van der Waals surface area contributed by atoms with Crippen molar-refractivity contribution in [2.24, 2.45) is 5.92 Å². The Morgan fingerprint density at radius 3 is 2.52 bits per heavy atom. The largest absolute Gasteiger partial charge is 0.371 e. The number of carbonyl (C=O) groups is 2. The molecule has 0 radical (unpaired) electrons. The van der Waals surface area contributed by atoms with Crippen LogP contribution in [0.15, 0.2) is 42.5 Å². The van der Waals surface area contributed by atoms with Crippen molar-refractivity contribution in [1.82, 2.24) is 5.32 Å². The van der Waals surface area contributed by atoms with E-state index < -0.39 is 0 Å². The number of nitrogens with zero attached hydrogens (tertiary/aromatic N) is 1. The Bertz CT molecular complexity index is 879. The van der Waals surface area contributed by atoms with Crippen molar-refractivity contribution in [3.8, 4) is 0 Å². The summed E-state index contributed by atoms with van der Waals surface area (Å²) in [5.74, 6) is 0.246. The van der Waals surface area contributed by atoms with E-state index >= 15 is 0 Å². The number of fused-ring (bicyclic) bond motifs is 2. The highest BCUT2D eigenvalue weighted by Crippen LogP contribution is 2.37. The molecule has 6 nitrogen and oxygen atoms in total. The number of anilines is 3. The minimum absolute atomic E-state index is 0.0138. The third-order valence-electron chi connectivity index (χ3n) is 4.74. The van der Waals surface area contributed by atoms with Crippen molar-refractivity contribution in [2.45, 2.75) is 33.6 Å². The molecule has 1 heterocycles. The number of ether oxygens (including phenoxy) is 1. The molecule has 1 aliphatic heterocycles. The molecular formula is C23H29N3O3. The van der Waals surface area contributed by atoms with Crippen LogP contribution in [0.2, 0.25) is 0 Å². The van der Waals surface area contributed by atoms with Gasteiger partial charge < -0.3 is 15.4 Å². The summed E-state index contributed by atoms with van der Waals surface area (Å²) in [5, 5.41) is 5.56. The number of carbonyl (C=O) groups excluding carboxylic acids is 2. The number of nitrogens with one attached hydrogen (secondary N) is 2. The molecule has 154 valence electrons. The Balaban J connectivity index is 1.96. The van der Waals surface area contributed by atoms with Gasteiger partial charge in [-0.15, -0.1) is 0 Å². The first kappa shape index (κ1) is 20.9. The second-order valence-corrected chi connectivity index (χ2v) is 7.59. The number of para-hydroxylation sites is 1. The molecule has 3 rings (SSSR count). The Morgan fingerprint density at radius 2 is 1.79 bits per heavy atom. The summed E-state index contributed by atoms with van der Waals surface area (Å²) < 4.78 is 5.64. The monoisotopic (exact) mass is 395 g/mol. The van der Waals surface area contributed by atoms with Crippen LogP contribution in [0.5, 0.6) is 0 Å². The molecule has 29 heavy (non-hydrogen) atoms. The fourth-order valence-corrected chi connectivity index (χ4v) is 3.45. The maximum atomic E-state index is 13.2. The lowest BCUT2D eigenvalue weighted by Crippen LogP contribution is -2.31. The lowest BCUT2D eigenvalue weighted by molar-refractivity contribution is -0.122. The topological polar surface area (TPSA) is 70.7 Å². The zero-order chi connectivity index (χ0) is 20.8. The van der Waals surface area contributed by atoms with Gasteiger partial charge in [0.25, 0.3) is 5.91 Å². The molecule has 2 aromatic carbocycles. The molecule has 0 aliphatic carbocycles. The molecule has 1 aliphatic rings. The number of benzene rings is 2. The van der Waals surface area contributed by atoms with Gasteiger partial charge >= 0.3 is 6.03 Å². The number of amides is 3. The normalized spacial score (nSPS) is 12.8. The molecule has 6 heteroatoms. The fraction of sp³-hybridized carbons (Fsp3) is 0.391. The summed E-state index contributed by atoms with van der Waals surface area (Å²) in [7, 11) is 0. The van der Waals surface area contributed by atoms with Crippen molar-refractivity contribution in [3.05, 3.63) is 53.6 Å². The van der Waals surface area contributed by atoms with E-state index in [0.717, 1.165) is 35.3 Å². The lowest BCUT2D eigenvalue weighted by atomic mass is 10.0. The second kappa shape index (κ2) is 9.56. The smallest absolute Gasteiger partial charge is 0.319 e. The first-order chi connectivity index (χ1) is 14.0. The van der Waals surface area contributed by atoms with Gasteiger partial charge in [-0.05, 0) is 55.0 Å². The van der Waals surface area contributed by atoms with E-state index in [0.29, 0.717) is 24.8 Å². The van der Waals surface area contributed by atoms with E-state index in [-0.39, 0.29) is 18.5 Å². The quantitative estimate of drug-likeness (QED) is 0.768. The highest BCUT2D eigenvalue weighted by atomic mass is 16.5. The summed E-state index contributed by atoms with van der Waals surface area (Å²) in [6.07, 6.45) is 1.67. The van der Waals surface area contributed by atoms with Gasteiger partial charge in [-0.1, -0.05) is 38.1 Å².